The lowest BCUT2D eigenvalue weighted by molar-refractivity contribution is 0.182. The van der Waals surface area contributed by atoms with Gasteiger partial charge >= 0.3 is 0 Å². The molecule has 0 saturated heterocycles. The van der Waals surface area contributed by atoms with E-state index in [1.165, 1.54) is 0 Å². The minimum atomic E-state index is -0.237. The average Bonchev–Trinajstić information content (AvgIpc) is 2.71. The number of hydrogen-bond donors (Lipinski definition) is 1. The van der Waals surface area contributed by atoms with Gasteiger partial charge in [-0.15, -0.1) is 0 Å². The summed E-state index contributed by atoms with van der Waals surface area (Å²) in [4.78, 5) is 9.23. The van der Waals surface area contributed by atoms with E-state index < -0.39 is 0 Å². The first-order chi connectivity index (χ1) is 13.7. The van der Waals surface area contributed by atoms with Crippen molar-refractivity contribution in [3.8, 4) is 16.9 Å². The van der Waals surface area contributed by atoms with Gasteiger partial charge in [0.15, 0.2) is 0 Å². The summed E-state index contributed by atoms with van der Waals surface area (Å²) in [7, 11) is 0. The van der Waals surface area contributed by atoms with E-state index in [1.54, 1.807) is 12.3 Å². The second-order valence-electron chi connectivity index (χ2n) is 6.80. The minimum absolute atomic E-state index is 0.237. The molecule has 3 aromatic rings. The van der Waals surface area contributed by atoms with E-state index in [9.17, 15) is 5.11 Å². The molecule has 3 rings (SSSR count). The highest BCUT2D eigenvalue weighted by Crippen LogP contribution is 2.25. The molecular weight excluding hydrogens is 348 g/mol. The van der Waals surface area contributed by atoms with Crippen molar-refractivity contribution < 1.29 is 9.84 Å². The maximum atomic E-state index is 9.28. The predicted molar refractivity (Wildman–Crippen MR) is 115 cm³/mol. The number of fused-ring (bicyclic) bond motifs is 1. The zero-order valence-electron chi connectivity index (χ0n) is 16.2. The Morgan fingerprint density at radius 3 is 2.64 bits per heavy atom. The van der Waals surface area contributed by atoms with Crippen LogP contribution in [0.25, 0.3) is 28.2 Å². The van der Waals surface area contributed by atoms with Gasteiger partial charge in [0.25, 0.3) is 0 Å². The maximum absolute atomic E-state index is 9.28. The zero-order valence-corrected chi connectivity index (χ0v) is 16.2. The molecule has 28 heavy (non-hydrogen) atoms. The largest absolute Gasteiger partial charge is 0.490 e. The van der Waals surface area contributed by atoms with Crippen LogP contribution < -0.4 is 4.74 Å². The first-order valence-corrected chi connectivity index (χ1v) is 9.61. The average molecular weight is 374 g/mol. The number of rotatable bonds is 9. The summed E-state index contributed by atoms with van der Waals surface area (Å²) in [5.41, 5.74) is 4.80. The molecule has 4 heteroatoms. The molecule has 0 amide bonds. The fourth-order valence-electron chi connectivity index (χ4n) is 2.92. The highest BCUT2D eigenvalue weighted by molar-refractivity contribution is 5.82. The summed E-state index contributed by atoms with van der Waals surface area (Å²) >= 11 is 0. The number of ether oxygens (including phenoxy) is 1. The highest BCUT2D eigenvalue weighted by atomic mass is 16.5. The molecule has 1 unspecified atom stereocenters. The van der Waals surface area contributed by atoms with Crippen molar-refractivity contribution in [3.63, 3.8) is 0 Å². The Hall–Kier alpha value is -2.98. The smallest absolute Gasteiger partial charge is 0.119 e. The van der Waals surface area contributed by atoms with Gasteiger partial charge in [-0.1, -0.05) is 36.9 Å². The van der Waals surface area contributed by atoms with Crippen LogP contribution in [0.5, 0.6) is 5.75 Å². The monoisotopic (exact) mass is 374 g/mol. The third-order valence-electron chi connectivity index (χ3n) is 4.40. The van der Waals surface area contributed by atoms with E-state index >= 15 is 0 Å². The number of hydrogen-bond acceptors (Lipinski definition) is 4. The van der Waals surface area contributed by atoms with Gasteiger partial charge in [-0.3, -0.25) is 4.98 Å². The van der Waals surface area contributed by atoms with Crippen LogP contribution in [0.1, 0.15) is 31.9 Å². The summed E-state index contributed by atoms with van der Waals surface area (Å²) < 4.78 is 5.53. The first-order valence-electron chi connectivity index (χ1n) is 9.61. The van der Waals surface area contributed by atoms with Gasteiger partial charge in [0.05, 0.1) is 29.0 Å². The Balaban J connectivity index is 1.70. The van der Waals surface area contributed by atoms with Gasteiger partial charge in [-0.2, -0.15) is 0 Å². The molecule has 144 valence electrons. The molecule has 0 radical (unpaired) electrons. The van der Waals surface area contributed by atoms with Crippen molar-refractivity contribution in [2.45, 2.75) is 32.3 Å². The van der Waals surface area contributed by atoms with E-state index in [-0.39, 0.29) is 6.10 Å². The lowest BCUT2D eigenvalue weighted by Gasteiger charge is -2.06. The third-order valence-corrected chi connectivity index (χ3v) is 4.40. The van der Waals surface area contributed by atoms with E-state index in [1.807, 2.05) is 43.3 Å². The number of aliphatic hydroxyl groups excluding tert-OH is 1. The van der Waals surface area contributed by atoms with E-state index in [0.717, 1.165) is 52.9 Å². The summed E-state index contributed by atoms with van der Waals surface area (Å²) in [6, 6.07) is 14.1. The molecule has 0 spiro atoms. The van der Waals surface area contributed by atoms with Gasteiger partial charge in [-0.05, 0) is 67.7 Å². The normalized spacial score (nSPS) is 12.4. The maximum Gasteiger partial charge on any atom is 0.119 e. The number of aliphatic hydroxyl groups is 1. The molecule has 0 aliphatic carbocycles. The van der Waals surface area contributed by atoms with Crippen molar-refractivity contribution >= 4 is 17.1 Å². The van der Waals surface area contributed by atoms with Crippen LogP contribution in [0.15, 0.2) is 67.4 Å². The Kier molecular flexibility index (Phi) is 6.93. The number of nitrogens with zero attached hydrogens (tertiary/aromatic N) is 2. The number of aromatic nitrogens is 2. The zero-order chi connectivity index (χ0) is 19.8. The molecule has 0 aliphatic heterocycles. The summed E-state index contributed by atoms with van der Waals surface area (Å²) in [5.74, 6) is 0.828. The number of benzene rings is 2. The van der Waals surface area contributed by atoms with Crippen LogP contribution >= 0.6 is 0 Å². The van der Waals surface area contributed by atoms with E-state index in [4.69, 9.17) is 4.74 Å². The van der Waals surface area contributed by atoms with Gasteiger partial charge < -0.3 is 9.84 Å². The Labute approximate surface area is 166 Å². The lowest BCUT2D eigenvalue weighted by Crippen LogP contribution is -1.97. The Morgan fingerprint density at radius 1 is 1.11 bits per heavy atom. The van der Waals surface area contributed by atoms with Gasteiger partial charge in [-0.25, -0.2) is 4.98 Å². The predicted octanol–water partition coefficient (Wildman–Crippen LogP) is 5.43. The fraction of sp³-hybridized carbons (Fsp3) is 0.250. The second-order valence-corrected chi connectivity index (χ2v) is 6.80. The van der Waals surface area contributed by atoms with Crippen LogP contribution in [0.3, 0.4) is 0 Å². The number of unbranched alkanes of at least 4 members (excludes halogenated alkanes) is 1. The van der Waals surface area contributed by atoms with Crippen molar-refractivity contribution in [2.24, 2.45) is 0 Å². The van der Waals surface area contributed by atoms with Crippen LogP contribution in [-0.4, -0.2) is 27.8 Å². The van der Waals surface area contributed by atoms with Gasteiger partial charge in [0.2, 0.25) is 0 Å². The minimum Gasteiger partial charge on any atom is -0.490 e. The summed E-state index contributed by atoms with van der Waals surface area (Å²) in [6.07, 6.45) is 10.1. The van der Waals surface area contributed by atoms with Crippen molar-refractivity contribution in [3.05, 3.63) is 73.1 Å². The van der Waals surface area contributed by atoms with Crippen molar-refractivity contribution in [1.29, 1.82) is 0 Å². The fourth-order valence-corrected chi connectivity index (χ4v) is 2.92. The second kappa shape index (κ2) is 9.81. The molecule has 0 bridgehead atoms. The van der Waals surface area contributed by atoms with Crippen LogP contribution in [-0.2, 0) is 0 Å². The van der Waals surface area contributed by atoms with E-state index in [2.05, 4.69) is 34.8 Å². The molecular formula is C24H26N2O2. The Bertz CT molecular complexity index is 946. The van der Waals surface area contributed by atoms with Crippen LogP contribution in [0.2, 0.25) is 0 Å². The first kappa shape index (κ1) is 19.8. The summed E-state index contributed by atoms with van der Waals surface area (Å²) in [6.45, 7) is 5.98. The van der Waals surface area contributed by atoms with Gasteiger partial charge in [0.1, 0.15) is 12.4 Å². The topological polar surface area (TPSA) is 55.2 Å². The van der Waals surface area contributed by atoms with Crippen molar-refractivity contribution in [1.82, 2.24) is 9.97 Å². The third kappa shape index (κ3) is 5.51. The summed E-state index contributed by atoms with van der Waals surface area (Å²) in [5, 5.41) is 9.28. The quantitative estimate of drug-likeness (QED) is 0.401. The van der Waals surface area contributed by atoms with Gasteiger partial charge in [0, 0.05) is 0 Å². The molecule has 1 heterocycles. The molecule has 4 nitrogen and oxygen atoms in total. The van der Waals surface area contributed by atoms with Crippen LogP contribution in [0.4, 0.5) is 0 Å². The number of allylic oxidation sites excluding steroid dienone is 1. The molecule has 0 aliphatic rings. The van der Waals surface area contributed by atoms with Crippen molar-refractivity contribution in [2.75, 3.05) is 6.61 Å². The van der Waals surface area contributed by atoms with Crippen LogP contribution in [0, 0.1) is 0 Å². The molecule has 2 aromatic carbocycles. The molecule has 0 fully saturated rings. The molecule has 1 atom stereocenters. The Morgan fingerprint density at radius 2 is 1.89 bits per heavy atom. The SMILES string of the molecule is C=CCOc1ccc(-c2ccc3nc(C=CCCCC(C)O)cnc3c2)cc1. The molecule has 1 aromatic heterocycles. The molecule has 0 saturated carbocycles. The highest BCUT2D eigenvalue weighted by Gasteiger charge is 2.03. The standard InChI is InChI=1S/C24H26N2O2/c1-3-15-28-22-12-9-19(10-13-22)20-11-14-23-24(16-20)25-17-21(26-23)8-6-4-5-7-18(2)27/h3,6,8-14,16-18,27H,1,4-5,7,15H2,2H3. The van der Waals surface area contributed by atoms with E-state index in [0.29, 0.717) is 6.61 Å². The lowest BCUT2D eigenvalue weighted by atomic mass is 10.0. The molecule has 1 N–H and O–H groups in total.